The first-order valence-corrected chi connectivity index (χ1v) is 5.58. The number of fused-ring (bicyclic) bond motifs is 1. The van der Waals surface area contributed by atoms with E-state index >= 15 is 0 Å². The molecule has 4 N–H and O–H groups in total. The Morgan fingerprint density at radius 3 is 2.89 bits per heavy atom. The molecule has 1 aliphatic heterocycles. The van der Waals surface area contributed by atoms with Crippen LogP contribution in [0.2, 0.25) is 0 Å². The number of aliphatic hydroxyl groups is 2. The number of halogens is 1. The molecule has 0 spiro atoms. The van der Waals surface area contributed by atoms with Crippen molar-refractivity contribution in [2.75, 3.05) is 12.3 Å². The van der Waals surface area contributed by atoms with E-state index in [4.69, 9.17) is 15.6 Å². The van der Waals surface area contributed by atoms with Gasteiger partial charge in [0, 0.05) is 6.42 Å². The Kier molecular flexibility index (Phi) is 3.85. The summed E-state index contributed by atoms with van der Waals surface area (Å²) in [4.78, 5) is 12.1. The van der Waals surface area contributed by atoms with E-state index in [0.717, 1.165) is 0 Å². The predicted molar refractivity (Wildman–Crippen MR) is 68.6 cm³/mol. The van der Waals surface area contributed by atoms with E-state index < -0.39 is 18.4 Å². The molecule has 0 radical (unpaired) electrons. The van der Waals surface area contributed by atoms with Crippen LogP contribution in [0.15, 0.2) is 12.7 Å². The number of nitrogen functional groups attached to an aromatic ring is 1. The molecule has 8 nitrogen and oxygen atoms in total. The highest BCUT2D eigenvalue weighted by atomic mass is 35.5. The van der Waals surface area contributed by atoms with Crippen molar-refractivity contribution in [3.05, 3.63) is 12.7 Å². The van der Waals surface area contributed by atoms with Crippen LogP contribution in [0.25, 0.3) is 11.2 Å². The second kappa shape index (κ2) is 5.25. The lowest BCUT2D eigenvalue weighted by Gasteiger charge is -2.13. The number of hydrogen-bond acceptors (Lipinski definition) is 7. The second-order valence-corrected chi connectivity index (χ2v) is 4.20. The van der Waals surface area contributed by atoms with Crippen molar-refractivity contribution in [1.29, 1.82) is 0 Å². The summed E-state index contributed by atoms with van der Waals surface area (Å²) in [5, 5.41) is 18.8. The van der Waals surface area contributed by atoms with E-state index in [2.05, 4.69) is 15.0 Å². The first kappa shape index (κ1) is 13.9. The average molecular weight is 288 g/mol. The van der Waals surface area contributed by atoms with Gasteiger partial charge in [0.15, 0.2) is 11.5 Å². The topological polar surface area (TPSA) is 119 Å². The number of nitrogens with two attached hydrogens (primary N) is 1. The highest BCUT2D eigenvalue weighted by molar-refractivity contribution is 5.85. The summed E-state index contributed by atoms with van der Waals surface area (Å²) in [6, 6.07) is 0. The monoisotopic (exact) mass is 287 g/mol. The van der Waals surface area contributed by atoms with Crippen molar-refractivity contribution >= 4 is 29.4 Å². The minimum absolute atomic E-state index is 0. The largest absolute Gasteiger partial charge is 0.394 e. The minimum atomic E-state index is -0.698. The van der Waals surface area contributed by atoms with Crippen molar-refractivity contribution in [1.82, 2.24) is 19.5 Å². The molecule has 3 atom stereocenters. The van der Waals surface area contributed by atoms with E-state index in [1.807, 2.05) is 0 Å². The lowest BCUT2D eigenvalue weighted by atomic mass is 10.2. The maximum Gasteiger partial charge on any atom is 0.167 e. The molecule has 1 aliphatic rings. The van der Waals surface area contributed by atoms with Gasteiger partial charge in [-0.25, -0.2) is 15.0 Å². The molecule has 1 saturated heterocycles. The van der Waals surface area contributed by atoms with Crippen LogP contribution in [0.1, 0.15) is 12.6 Å². The van der Waals surface area contributed by atoms with Crippen molar-refractivity contribution in [3.63, 3.8) is 0 Å². The van der Waals surface area contributed by atoms with Gasteiger partial charge in [0.1, 0.15) is 24.2 Å². The molecule has 1 fully saturated rings. The maximum absolute atomic E-state index is 9.71. The highest BCUT2D eigenvalue weighted by Gasteiger charge is 2.35. The molecule has 0 amide bonds. The molecule has 9 heteroatoms. The summed E-state index contributed by atoms with van der Waals surface area (Å²) in [5.41, 5.74) is 6.75. The van der Waals surface area contributed by atoms with Crippen LogP contribution in [0.3, 0.4) is 0 Å². The summed E-state index contributed by atoms with van der Waals surface area (Å²) >= 11 is 0. The lowest BCUT2D eigenvalue weighted by molar-refractivity contribution is -0.0432. The van der Waals surface area contributed by atoms with E-state index in [-0.39, 0.29) is 19.0 Å². The van der Waals surface area contributed by atoms with Crippen LogP contribution in [-0.2, 0) is 4.74 Å². The molecule has 0 aromatic carbocycles. The van der Waals surface area contributed by atoms with Crippen molar-refractivity contribution in [3.8, 4) is 0 Å². The van der Waals surface area contributed by atoms with Gasteiger partial charge in [-0.15, -0.1) is 12.4 Å². The Labute approximate surface area is 114 Å². The van der Waals surface area contributed by atoms with Crippen molar-refractivity contribution < 1.29 is 14.9 Å². The van der Waals surface area contributed by atoms with Crippen LogP contribution in [0, 0.1) is 0 Å². The van der Waals surface area contributed by atoms with E-state index in [1.54, 1.807) is 10.9 Å². The molecule has 0 bridgehead atoms. The Morgan fingerprint density at radius 1 is 1.42 bits per heavy atom. The number of hydrogen-bond donors (Lipinski definition) is 3. The SMILES string of the molecule is Cl.Nc1ncnc2c1ncn2[C@H]1CC(O)[C@@H](CO)O1. The van der Waals surface area contributed by atoms with Gasteiger partial charge in [-0.05, 0) is 0 Å². The van der Waals surface area contributed by atoms with Crippen LogP contribution in [-0.4, -0.2) is 48.5 Å². The third-order valence-corrected chi connectivity index (χ3v) is 3.08. The highest BCUT2D eigenvalue weighted by Crippen LogP contribution is 2.30. The van der Waals surface area contributed by atoms with Crippen LogP contribution >= 0.6 is 12.4 Å². The third kappa shape index (κ3) is 2.23. The molecule has 104 valence electrons. The average Bonchev–Trinajstić information content (AvgIpc) is 2.93. The molecule has 3 rings (SSSR count). The molecule has 2 aromatic heterocycles. The fraction of sp³-hybridized carbons (Fsp3) is 0.500. The summed E-state index contributed by atoms with van der Waals surface area (Å²) in [6.07, 6.45) is 1.60. The van der Waals surface area contributed by atoms with Gasteiger partial charge in [-0.1, -0.05) is 0 Å². The van der Waals surface area contributed by atoms with E-state index in [1.165, 1.54) is 6.33 Å². The van der Waals surface area contributed by atoms with Gasteiger partial charge < -0.3 is 20.7 Å². The third-order valence-electron chi connectivity index (χ3n) is 3.08. The first-order valence-electron chi connectivity index (χ1n) is 5.58. The zero-order valence-electron chi connectivity index (χ0n) is 9.88. The number of aromatic nitrogens is 4. The number of aliphatic hydroxyl groups excluding tert-OH is 2. The molecule has 0 saturated carbocycles. The molecule has 3 heterocycles. The number of anilines is 1. The maximum atomic E-state index is 9.71. The number of nitrogens with zero attached hydrogens (tertiary/aromatic N) is 4. The molecular formula is C10H14ClN5O3. The minimum Gasteiger partial charge on any atom is -0.394 e. The van der Waals surface area contributed by atoms with Gasteiger partial charge in [-0.3, -0.25) is 4.57 Å². The smallest absolute Gasteiger partial charge is 0.167 e. The van der Waals surface area contributed by atoms with Crippen LogP contribution in [0.5, 0.6) is 0 Å². The quantitative estimate of drug-likeness (QED) is 0.679. The summed E-state index contributed by atoms with van der Waals surface area (Å²) in [7, 11) is 0. The van der Waals surface area contributed by atoms with Gasteiger partial charge in [-0.2, -0.15) is 0 Å². The van der Waals surface area contributed by atoms with Gasteiger partial charge in [0.25, 0.3) is 0 Å². The van der Waals surface area contributed by atoms with Gasteiger partial charge in [0.2, 0.25) is 0 Å². The fourth-order valence-corrected chi connectivity index (χ4v) is 2.13. The Bertz CT molecular complexity index is 577. The standard InChI is InChI=1S/C10H13N5O3.ClH/c11-9-8-10(13-3-12-9)15(4-14-8)7-1-5(17)6(2-16)18-7;/h3-7,16-17H,1-2H2,(H2,11,12,13);1H/t5?,6-,7-;/m1./s1. The Hall–Kier alpha value is -1.48. The van der Waals surface area contributed by atoms with Gasteiger partial charge in [0.05, 0.1) is 19.0 Å². The van der Waals surface area contributed by atoms with Crippen LogP contribution < -0.4 is 5.73 Å². The second-order valence-electron chi connectivity index (χ2n) is 4.20. The Morgan fingerprint density at radius 2 is 2.21 bits per heavy atom. The number of rotatable bonds is 2. The fourth-order valence-electron chi connectivity index (χ4n) is 2.13. The van der Waals surface area contributed by atoms with Crippen molar-refractivity contribution in [2.45, 2.75) is 24.9 Å². The Balaban J connectivity index is 0.00000133. The number of ether oxygens (including phenoxy) is 1. The zero-order valence-corrected chi connectivity index (χ0v) is 10.7. The molecule has 19 heavy (non-hydrogen) atoms. The zero-order chi connectivity index (χ0) is 12.7. The summed E-state index contributed by atoms with van der Waals surface area (Å²) in [6.45, 7) is -0.221. The summed E-state index contributed by atoms with van der Waals surface area (Å²) in [5.74, 6) is 0.302. The first-order chi connectivity index (χ1) is 8.70. The molecule has 1 unspecified atom stereocenters. The molecule has 0 aliphatic carbocycles. The number of imidazole rings is 1. The van der Waals surface area contributed by atoms with E-state index in [0.29, 0.717) is 23.4 Å². The predicted octanol–water partition coefficient (Wildman–Crippen LogP) is -0.529. The normalized spacial score (nSPS) is 26.5. The summed E-state index contributed by atoms with van der Waals surface area (Å²) < 4.78 is 7.22. The van der Waals surface area contributed by atoms with Crippen LogP contribution in [0.4, 0.5) is 5.82 Å². The van der Waals surface area contributed by atoms with E-state index in [9.17, 15) is 5.11 Å². The van der Waals surface area contributed by atoms with Gasteiger partial charge >= 0.3 is 0 Å². The molecular weight excluding hydrogens is 274 g/mol. The van der Waals surface area contributed by atoms with Crippen molar-refractivity contribution in [2.24, 2.45) is 0 Å². The lowest BCUT2D eigenvalue weighted by Crippen LogP contribution is -2.24. The molecule has 2 aromatic rings.